The smallest absolute Gasteiger partial charge is 0.265 e. The highest BCUT2D eigenvalue weighted by molar-refractivity contribution is 7.85. The minimum Gasteiger partial charge on any atom is -0.286 e. The van der Waals surface area contributed by atoms with Crippen molar-refractivity contribution in [3.63, 3.8) is 0 Å². The monoisotopic (exact) mass is 228 g/mol. The Kier molecular flexibility index (Phi) is 3.99. The van der Waals surface area contributed by atoms with Crippen LogP contribution in [0, 0.1) is 0 Å². The van der Waals surface area contributed by atoms with Crippen LogP contribution >= 0.6 is 0 Å². The lowest BCUT2D eigenvalue weighted by Crippen LogP contribution is -2.33. The number of pyridine rings is 1. The number of aryl methyl sites for hydroxylation is 1. The van der Waals surface area contributed by atoms with Gasteiger partial charge in [-0.2, -0.15) is 8.42 Å². The molecule has 0 bridgehead atoms. The van der Waals surface area contributed by atoms with Gasteiger partial charge in [-0.3, -0.25) is 4.55 Å². The Labute approximate surface area is 89.6 Å². The number of hydrogen-bond donors (Lipinski definition) is 1. The first-order valence-electron chi connectivity index (χ1n) is 4.58. The van der Waals surface area contributed by atoms with Crippen molar-refractivity contribution in [2.75, 3.05) is 5.75 Å². The predicted molar refractivity (Wildman–Crippen MR) is 57.8 cm³/mol. The van der Waals surface area contributed by atoms with E-state index in [1.165, 1.54) is 0 Å². The summed E-state index contributed by atoms with van der Waals surface area (Å²) in [7, 11) is -3.84. The highest BCUT2D eigenvalue weighted by Gasteiger charge is 2.06. The third-order valence-electron chi connectivity index (χ3n) is 1.97. The van der Waals surface area contributed by atoms with Gasteiger partial charge in [0.05, 0.1) is 5.75 Å². The van der Waals surface area contributed by atoms with E-state index < -0.39 is 10.1 Å². The topological polar surface area (TPSA) is 58.2 Å². The average molecular weight is 228 g/mol. The molecule has 1 N–H and O–H groups in total. The van der Waals surface area contributed by atoms with E-state index in [1.54, 1.807) is 6.08 Å². The number of nitrogens with zero attached hydrogens (tertiary/aromatic N) is 1. The Morgan fingerprint density at radius 1 is 1.40 bits per heavy atom. The maximum Gasteiger partial charge on any atom is 0.265 e. The van der Waals surface area contributed by atoms with Gasteiger partial charge in [0.1, 0.15) is 6.54 Å². The van der Waals surface area contributed by atoms with Crippen molar-refractivity contribution in [1.29, 1.82) is 0 Å². The van der Waals surface area contributed by atoms with Crippen LogP contribution in [-0.4, -0.2) is 18.7 Å². The van der Waals surface area contributed by atoms with E-state index in [1.807, 2.05) is 29.1 Å². The molecule has 15 heavy (non-hydrogen) atoms. The number of rotatable bonds is 5. The third-order valence-corrected chi connectivity index (χ3v) is 2.78. The molecule has 4 nitrogen and oxygen atoms in total. The van der Waals surface area contributed by atoms with E-state index in [0.717, 1.165) is 5.56 Å². The van der Waals surface area contributed by atoms with E-state index >= 15 is 0 Å². The molecule has 82 valence electrons. The Bertz CT molecular complexity index is 422. The van der Waals surface area contributed by atoms with Gasteiger partial charge in [-0.1, -0.05) is 12.7 Å². The second-order valence-electron chi connectivity index (χ2n) is 3.21. The van der Waals surface area contributed by atoms with E-state index in [4.69, 9.17) is 4.55 Å². The highest BCUT2D eigenvalue weighted by atomic mass is 32.2. The number of hydrogen-bond acceptors (Lipinski definition) is 2. The van der Waals surface area contributed by atoms with Crippen molar-refractivity contribution in [2.24, 2.45) is 0 Å². The van der Waals surface area contributed by atoms with Crippen molar-refractivity contribution in [3.8, 4) is 0 Å². The van der Waals surface area contributed by atoms with Gasteiger partial charge in [0.15, 0.2) is 12.4 Å². The van der Waals surface area contributed by atoms with Gasteiger partial charge in [-0.25, -0.2) is 4.57 Å². The lowest BCUT2D eigenvalue weighted by molar-refractivity contribution is -0.696. The second-order valence-corrected chi connectivity index (χ2v) is 4.79. The van der Waals surface area contributed by atoms with Gasteiger partial charge in [0.25, 0.3) is 10.1 Å². The summed E-state index contributed by atoms with van der Waals surface area (Å²) in [5, 5.41) is 0. The molecule has 0 fully saturated rings. The van der Waals surface area contributed by atoms with Crippen molar-refractivity contribution >= 4 is 16.2 Å². The van der Waals surface area contributed by atoms with Gasteiger partial charge in [0.2, 0.25) is 0 Å². The fraction of sp³-hybridized carbons (Fsp3) is 0.300. The molecular formula is C10H14NO3S+. The summed E-state index contributed by atoms with van der Waals surface area (Å²) in [6.45, 7) is 4.20. The molecule has 1 aromatic rings. The molecule has 0 aromatic carbocycles. The molecule has 0 atom stereocenters. The van der Waals surface area contributed by atoms with Gasteiger partial charge < -0.3 is 0 Å². The summed E-state index contributed by atoms with van der Waals surface area (Å²) in [6.07, 6.45) is 5.83. The molecule has 0 unspecified atom stereocenters. The lowest BCUT2D eigenvalue weighted by atomic mass is 10.3. The summed E-state index contributed by atoms with van der Waals surface area (Å²) in [5.41, 5.74) is 1.01. The summed E-state index contributed by atoms with van der Waals surface area (Å²) in [4.78, 5) is 0. The Balaban J connectivity index is 2.48. The van der Waals surface area contributed by atoms with Crippen LogP contribution in [0.5, 0.6) is 0 Å². The zero-order chi connectivity index (χ0) is 11.3. The zero-order valence-corrected chi connectivity index (χ0v) is 9.15. The van der Waals surface area contributed by atoms with Crippen LogP contribution in [0.4, 0.5) is 0 Å². The standard InChI is InChI=1S/C10H13NO3S/c1-2-10-4-7-11(8-5-10)6-3-9-15(12,13)14/h2,4-5,7-8H,1,3,6,9H2/p+1. The van der Waals surface area contributed by atoms with Crippen LogP contribution in [0.25, 0.3) is 6.08 Å². The molecule has 0 amide bonds. The second kappa shape index (κ2) is 5.04. The highest BCUT2D eigenvalue weighted by Crippen LogP contribution is 1.96. The van der Waals surface area contributed by atoms with E-state index in [0.29, 0.717) is 13.0 Å². The molecule has 0 aliphatic rings. The van der Waals surface area contributed by atoms with Gasteiger partial charge in [0, 0.05) is 18.6 Å². The summed E-state index contributed by atoms with van der Waals surface area (Å²) < 4.78 is 31.3. The first-order chi connectivity index (χ1) is 7.01. The lowest BCUT2D eigenvalue weighted by Gasteiger charge is -1.96. The minimum atomic E-state index is -3.84. The van der Waals surface area contributed by atoms with Crippen molar-refractivity contribution in [3.05, 3.63) is 36.7 Å². The van der Waals surface area contributed by atoms with Crippen LogP contribution in [0.1, 0.15) is 12.0 Å². The average Bonchev–Trinajstić information content (AvgIpc) is 2.17. The van der Waals surface area contributed by atoms with Gasteiger partial charge in [-0.05, 0) is 5.56 Å². The molecular weight excluding hydrogens is 214 g/mol. The predicted octanol–water partition coefficient (Wildman–Crippen LogP) is 0.895. The fourth-order valence-electron chi connectivity index (χ4n) is 1.18. The molecule has 0 radical (unpaired) electrons. The summed E-state index contributed by atoms with van der Waals surface area (Å²) in [6, 6.07) is 3.78. The molecule has 1 rings (SSSR count). The van der Waals surface area contributed by atoms with Crippen molar-refractivity contribution < 1.29 is 17.5 Å². The van der Waals surface area contributed by atoms with Crippen LogP contribution in [0.2, 0.25) is 0 Å². The zero-order valence-electron chi connectivity index (χ0n) is 8.33. The van der Waals surface area contributed by atoms with E-state index in [-0.39, 0.29) is 5.75 Å². The Hall–Kier alpha value is -1.20. The molecule has 0 aliphatic heterocycles. The normalized spacial score (nSPS) is 11.3. The maximum atomic E-state index is 10.5. The van der Waals surface area contributed by atoms with E-state index in [9.17, 15) is 8.42 Å². The Morgan fingerprint density at radius 3 is 2.47 bits per heavy atom. The molecule has 0 saturated heterocycles. The number of aromatic nitrogens is 1. The van der Waals surface area contributed by atoms with Crippen LogP contribution < -0.4 is 4.57 Å². The van der Waals surface area contributed by atoms with Crippen LogP contribution in [0.3, 0.4) is 0 Å². The molecule has 1 heterocycles. The van der Waals surface area contributed by atoms with Crippen LogP contribution in [-0.2, 0) is 16.7 Å². The first kappa shape index (κ1) is 11.9. The molecule has 1 aromatic heterocycles. The van der Waals surface area contributed by atoms with Crippen molar-refractivity contribution in [2.45, 2.75) is 13.0 Å². The molecule has 0 spiro atoms. The maximum absolute atomic E-state index is 10.5. The van der Waals surface area contributed by atoms with Crippen molar-refractivity contribution in [1.82, 2.24) is 0 Å². The van der Waals surface area contributed by atoms with Gasteiger partial charge >= 0.3 is 0 Å². The molecule has 5 heteroatoms. The fourth-order valence-corrected chi connectivity index (χ4v) is 1.68. The van der Waals surface area contributed by atoms with Crippen LogP contribution in [0.15, 0.2) is 31.1 Å². The molecule has 0 aliphatic carbocycles. The minimum absolute atomic E-state index is 0.205. The Morgan fingerprint density at radius 2 is 2.00 bits per heavy atom. The third kappa shape index (κ3) is 4.71. The quantitative estimate of drug-likeness (QED) is 0.601. The molecule has 0 saturated carbocycles. The summed E-state index contributed by atoms with van der Waals surface area (Å²) in [5.74, 6) is -0.205. The first-order valence-corrected chi connectivity index (χ1v) is 6.19. The van der Waals surface area contributed by atoms with Gasteiger partial charge in [-0.15, -0.1) is 0 Å². The SMILES string of the molecule is C=Cc1cc[n+](CCCS(=O)(=O)O)cc1. The largest absolute Gasteiger partial charge is 0.286 e. The summed E-state index contributed by atoms with van der Waals surface area (Å²) >= 11 is 0. The van der Waals surface area contributed by atoms with E-state index in [2.05, 4.69) is 6.58 Å².